The quantitative estimate of drug-likeness (QED) is 0.895. The van der Waals surface area contributed by atoms with Crippen molar-refractivity contribution in [2.45, 2.75) is 38.6 Å². The number of hydrogen-bond donors (Lipinski definition) is 1. The zero-order valence-corrected chi connectivity index (χ0v) is 15.0. The molecule has 130 valence electrons. The van der Waals surface area contributed by atoms with Crippen molar-refractivity contribution in [2.24, 2.45) is 5.92 Å². The number of nitrogens with one attached hydrogen (secondary N) is 1. The number of rotatable bonds is 5. The molecule has 4 rings (SSSR count). The molecule has 1 saturated carbocycles. The summed E-state index contributed by atoms with van der Waals surface area (Å²) in [5.74, 6) is -0.249. The van der Waals surface area contributed by atoms with Crippen LogP contribution in [0.5, 0.6) is 0 Å². The maximum atomic E-state index is 12.5. The maximum Gasteiger partial charge on any atom is 0.231 e. The van der Waals surface area contributed by atoms with Gasteiger partial charge in [0.15, 0.2) is 5.13 Å². The first-order valence-corrected chi connectivity index (χ1v) is 9.67. The number of carbonyl (C=O) groups excluding carboxylic acids is 2. The van der Waals surface area contributed by atoms with Gasteiger partial charge in [-0.05, 0) is 24.8 Å². The van der Waals surface area contributed by atoms with E-state index in [1.807, 2.05) is 10.3 Å². The zero-order chi connectivity index (χ0) is 17.4. The van der Waals surface area contributed by atoms with E-state index in [0.717, 1.165) is 30.5 Å². The number of benzene rings is 1. The van der Waals surface area contributed by atoms with Gasteiger partial charge in [0.2, 0.25) is 11.8 Å². The summed E-state index contributed by atoms with van der Waals surface area (Å²) < 4.78 is 0. The van der Waals surface area contributed by atoms with Gasteiger partial charge in [0.05, 0.1) is 11.6 Å². The largest absolute Gasteiger partial charge is 0.339 e. The van der Waals surface area contributed by atoms with E-state index in [4.69, 9.17) is 0 Å². The van der Waals surface area contributed by atoms with E-state index in [-0.39, 0.29) is 17.7 Å². The number of aryl methyl sites for hydroxylation is 1. The summed E-state index contributed by atoms with van der Waals surface area (Å²) in [6, 6.07) is 8.70. The van der Waals surface area contributed by atoms with Gasteiger partial charge in [-0.3, -0.25) is 9.59 Å². The van der Waals surface area contributed by atoms with Crippen LogP contribution in [-0.4, -0.2) is 34.3 Å². The Labute approximate surface area is 151 Å². The molecule has 2 aromatic rings. The normalized spacial score (nSPS) is 20.1. The monoisotopic (exact) mass is 355 g/mol. The molecule has 1 aliphatic carbocycles. The van der Waals surface area contributed by atoms with Crippen LogP contribution in [0.1, 0.15) is 31.7 Å². The third-order valence-electron chi connectivity index (χ3n) is 4.91. The molecule has 2 fully saturated rings. The molecule has 2 amide bonds. The van der Waals surface area contributed by atoms with E-state index in [0.29, 0.717) is 24.1 Å². The Hall–Kier alpha value is -2.21. The SMILES string of the molecule is CCc1ccc(-c2csc(NC(=O)[C@H]3CC(=O)N(C4CC4)C3)n2)cc1. The predicted molar refractivity (Wildman–Crippen MR) is 98.4 cm³/mol. The molecule has 5 nitrogen and oxygen atoms in total. The van der Waals surface area contributed by atoms with E-state index in [1.54, 1.807) is 0 Å². The number of aromatic nitrogens is 1. The van der Waals surface area contributed by atoms with Gasteiger partial charge < -0.3 is 10.2 Å². The average Bonchev–Trinajstić information content (AvgIpc) is 3.24. The molecular weight excluding hydrogens is 334 g/mol. The number of thiazole rings is 1. The lowest BCUT2D eigenvalue weighted by Crippen LogP contribution is -2.29. The van der Waals surface area contributed by atoms with Crippen molar-refractivity contribution in [1.29, 1.82) is 0 Å². The summed E-state index contributed by atoms with van der Waals surface area (Å²) in [5, 5.41) is 5.43. The van der Waals surface area contributed by atoms with Crippen molar-refractivity contribution < 1.29 is 9.59 Å². The molecular formula is C19H21N3O2S. The lowest BCUT2D eigenvalue weighted by atomic mass is 10.1. The van der Waals surface area contributed by atoms with Crippen LogP contribution in [0.4, 0.5) is 5.13 Å². The minimum atomic E-state index is -0.260. The molecule has 1 atom stereocenters. The second kappa shape index (κ2) is 6.59. The fraction of sp³-hybridized carbons (Fsp3) is 0.421. The van der Waals surface area contributed by atoms with Gasteiger partial charge in [0.1, 0.15) is 0 Å². The van der Waals surface area contributed by atoms with Gasteiger partial charge in [-0.15, -0.1) is 11.3 Å². The van der Waals surface area contributed by atoms with Gasteiger partial charge in [-0.1, -0.05) is 31.2 Å². The molecule has 0 radical (unpaired) electrons. The Balaban J connectivity index is 1.40. The minimum absolute atomic E-state index is 0.0984. The fourth-order valence-corrected chi connectivity index (χ4v) is 3.95. The first-order chi connectivity index (χ1) is 12.1. The van der Waals surface area contributed by atoms with Crippen molar-refractivity contribution in [3.63, 3.8) is 0 Å². The molecule has 1 aliphatic heterocycles. The van der Waals surface area contributed by atoms with E-state index in [1.165, 1.54) is 16.9 Å². The van der Waals surface area contributed by atoms with Crippen LogP contribution in [0.15, 0.2) is 29.6 Å². The summed E-state index contributed by atoms with van der Waals surface area (Å²) in [6.45, 7) is 2.68. The summed E-state index contributed by atoms with van der Waals surface area (Å²) >= 11 is 1.42. The Morgan fingerprint density at radius 3 is 2.76 bits per heavy atom. The first-order valence-electron chi connectivity index (χ1n) is 8.79. The van der Waals surface area contributed by atoms with Gasteiger partial charge in [-0.25, -0.2) is 4.98 Å². The Morgan fingerprint density at radius 2 is 2.08 bits per heavy atom. The summed E-state index contributed by atoms with van der Waals surface area (Å²) in [6.07, 6.45) is 3.48. The van der Waals surface area contributed by atoms with Crippen molar-refractivity contribution in [3.05, 3.63) is 35.2 Å². The van der Waals surface area contributed by atoms with E-state index >= 15 is 0 Å². The van der Waals surface area contributed by atoms with Gasteiger partial charge >= 0.3 is 0 Å². The fourth-order valence-electron chi connectivity index (χ4n) is 3.23. The molecule has 2 aliphatic rings. The van der Waals surface area contributed by atoms with E-state index < -0.39 is 0 Å². The Morgan fingerprint density at radius 1 is 1.32 bits per heavy atom. The molecule has 1 aromatic carbocycles. The minimum Gasteiger partial charge on any atom is -0.339 e. The van der Waals surface area contributed by atoms with Gasteiger partial charge in [0.25, 0.3) is 0 Å². The summed E-state index contributed by atoms with van der Waals surface area (Å²) in [7, 11) is 0. The van der Waals surface area contributed by atoms with Crippen LogP contribution in [-0.2, 0) is 16.0 Å². The van der Waals surface area contributed by atoms with Crippen molar-refractivity contribution in [3.8, 4) is 11.3 Å². The van der Waals surface area contributed by atoms with Crippen molar-refractivity contribution >= 4 is 28.3 Å². The van der Waals surface area contributed by atoms with Crippen LogP contribution in [0.2, 0.25) is 0 Å². The third kappa shape index (κ3) is 3.44. The number of anilines is 1. The second-order valence-electron chi connectivity index (χ2n) is 6.76. The molecule has 0 spiro atoms. The van der Waals surface area contributed by atoms with Crippen molar-refractivity contribution in [2.75, 3.05) is 11.9 Å². The van der Waals surface area contributed by atoms with E-state index in [2.05, 4.69) is 41.5 Å². The first kappa shape index (κ1) is 16.3. The highest BCUT2D eigenvalue weighted by Gasteiger charge is 2.41. The number of hydrogen-bond acceptors (Lipinski definition) is 4. The zero-order valence-electron chi connectivity index (χ0n) is 14.2. The van der Waals surface area contributed by atoms with E-state index in [9.17, 15) is 9.59 Å². The number of amides is 2. The molecule has 0 bridgehead atoms. The van der Waals surface area contributed by atoms with Gasteiger partial charge in [0, 0.05) is 30.0 Å². The predicted octanol–water partition coefficient (Wildman–Crippen LogP) is 3.32. The molecule has 0 unspecified atom stereocenters. The summed E-state index contributed by atoms with van der Waals surface area (Å²) in [5.41, 5.74) is 3.20. The lowest BCUT2D eigenvalue weighted by molar-refractivity contribution is -0.128. The highest BCUT2D eigenvalue weighted by molar-refractivity contribution is 7.14. The number of nitrogens with zero attached hydrogens (tertiary/aromatic N) is 2. The molecule has 6 heteroatoms. The van der Waals surface area contributed by atoms with Crippen LogP contribution in [0.3, 0.4) is 0 Å². The molecule has 1 aromatic heterocycles. The standard InChI is InChI=1S/C19H21N3O2S/c1-2-12-3-5-13(6-4-12)16-11-25-19(20-16)21-18(24)14-9-17(23)22(10-14)15-7-8-15/h3-6,11,14-15H,2,7-10H2,1H3,(H,20,21,24)/t14-/m0/s1. The Bertz CT molecular complexity index is 795. The number of likely N-dealkylation sites (tertiary alicyclic amines) is 1. The molecule has 2 heterocycles. The Kier molecular flexibility index (Phi) is 4.29. The van der Waals surface area contributed by atoms with Crippen LogP contribution < -0.4 is 5.32 Å². The van der Waals surface area contributed by atoms with Crippen molar-refractivity contribution in [1.82, 2.24) is 9.88 Å². The van der Waals surface area contributed by atoms with Crippen LogP contribution >= 0.6 is 11.3 Å². The number of carbonyl (C=O) groups is 2. The smallest absolute Gasteiger partial charge is 0.231 e. The highest BCUT2D eigenvalue weighted by atomic mass is 32.1. The third-order valence-corrected chi connectivity index (χ3v) is 5.67. The molecule has 1 N–H and O–H groups in total. The lowest BCUT2D eigenvalue weighted by Gasteiger charge is -2.14. The van der Waals surface area contributed by atoms with Crippen LogP contribution in [0.25, 0.3) is 11.3 Å². The average molecular weight is 355 g/mol. The topological polar surface area (TPSA) is 62.3 Å². The molecule has 1 saturated heterocycles. The van der Waals surface area contributed by atoms with Crippen LogP contribution in [0, 0.1) is 5.92 Å². The highest BCUT2D eigenvalue weighted by Crippen LogP contribution is 2.33. The van der Waals surface area contributed by atoms with Gasteiger partial charge in [-0.2, -0.15) is 0 Å². The maximum absolute atomic E-state index is 12.5. The second-order valence-corrected chi connectivity index (χ2v) is 7.61. The molecule has 25 heavy (non-hydrogen) atoms. The summed E-state index contributed by atoms with van der Waals surface area (Å²) in [4.78, 5) is 30.8.